The Hall–Kier alpha value is -3.96. The van der Waals surface area contributed by atoms with Crippen LogP contribution in [-0.2, 0) is 0 Å². The van der Waals surface area contributed by atoms with Crippen LogP contribution in [-0.4, -0.2) is 27.6 Å². The van der Waals surface area contributed by atoms with Crippen molar-refractivity contribution in [2.24, 2.45) is 0 Å². The Morgan fingerprint density at radius 1 is 0.794 bits per heavy atom. The molecule has 1 saturated heterocycles. The quantitative estimate of drug-likeness (QED) is 0.335. The lowest BCUT2D eigenvalue weighted by atomic mass is 10.0. The second kappa shape index (κ2) is 7.82. The highest BCUT2D eigenvalue weighted by atomic mass is 16.3. The molecule has 4 heterocycles. The van der Waals surface area contributed by atoms with Crippen LogP contribution in [0.1, 0.15) is 18.9 Å². The minimum Gasteiger partial charge on any atom is -0.464 e. The number of hydrogen-bond donors (Lipinski definition) is 1. The summed E-state index contributed by atoms with van der Waals surface area (Å²) in [6.45, 7) is 2.03. The number of fused-ring (bicyclic) bond motifs is 3. The molecule has 0 radical (unpaired) electrons. The highest BCUT2D eigenvalue weighted by Crippen LogP contribution is 2.34. The molecule has 0 bridgehead atoms. The molecule has 34 heavy (non-hydrogen) atoms. The van der Waals surface area contributed by atoms with Crippen LogP contribution in [0, 0.1) is 0 Å². The standard InChI is InChI=1S/C29H24N4O/c1-2-4-20-15-21(6-5-19(20)3-1)24-17-26-29(31-18-24)33(25-9-12-30-13-10-25)28(32-26)23-7-8-27-22(16-23)11-14-34-27/h1-8,11,14-18,25,30H,9-10,12-13H2. The largest absolute Gasteiger partial charge is 0.464 e. The number of furan rings is 1. The lowest BCUT2D eigenvalue weighted by molar-refractivity contribution is 0.376. The van der Waals surface area contributed by atoms with Gasteiger partial charge >= 0.3 is 0 Å². The number of nitrogens with zero attached hydrogens (tertiary/aromatic N) is 3. The molecule has 0 unspecified atom stereocenters. The van der Waals surface area contributed by atoms with Gasteiger partial charge in [0.05, 0.1) is 6.26 Å². The monoisotopic (exact) mass is 444 g/mol. The summed E-state index contributed by atoms with van der Waals surface area (Å²) >= 11 is 0. The fraction of sp³-hybridized carbons (Fsp3) is 0.172. The van der Waals surface area contributed by atoms with Crippen LogP contribution in [0.3, 0.4) is 0 Å². The molecular formula is C29H24N4O. The Bertz CT molecular complexity index is 1660. The summed E-state index contributed by atoms with van der Waals surface area (Å²) in [4.78, 5) is 10.1. The topological polar surface area (TPSA) is 55.9 Å². The number of pyridine rings is 1. The van der Waals surface area contributed by atoms with Crippen molar-refractivity contribution in [1.29, 1.82) is 0 Å². The number of imidazole rings is 1. The number of piperidine rings is 1. The van der Waals surface area contributed by atoms with E-state index in [0.717, 1.165) is 70.6 Å². The van der Waals surface area contributed by atoms with Crippen LogP contribution in [0.5, 0.6) is 0 Å². The fourth-order valence-electron chi connectivity index (χ4n) is 5.23. The minimum atomic E-state index is 0.375. The molecule has 166 valence electrons. The molecular weight excluding hydrogens is 420 g/mol. The van der Waals surface area contributed by atoms with Gasteiger partial charge in [-0.05, 0) is 78.7 Å². The molecule has 1 fully saturated rings. The van der Waals surface area contributed by atoms with Gasteiger partial charge in [0.25, 0.3) is 0 Å². The fourth-order valence-corrected chi connectivity index (χ4v) is 5.23. The Morgan fingerprint density at radius 3 is 2.53 bits per heavy atom. The van der Waals surface area contributed by atoms with E-state index in [1.807, 2.05) is 18.3 Å². The maximum Gasteiger partial charge on any atom is 0.160 e. The van der Waals surface area contributed by atoms with Gasteiger partial charge in [-0.2, -0.15) is 0 Å². The van der Waals surface area contributed by atoms with Crippen LogP contribution in [0.15, 0.2) is 89.7 Å². The van der Waals surface area contributed by atoms with Gasteiger partial charge in [-0.15, -0.1) is 0 Å². The third kappa shape index (κ3) is 3.20. The van der Waals surface area contributed by atoms with Crippen LogP contribution in [0.25, 0.3) is 55.4 Å². The van der Waals surface area contributed by atoms with Gasteiger partial charge in [0.1, 0.15) is 16.9 Å². The van der Waals surface area contributed by atoms with E-state index >= 15 is 0 Å². The minimum absolute atomic E-state index is 0.375. The molecule has 1 N–H and O–H groups in total. The van der Waals surface area contributed by atoms with Gasteiger partial charge in [-0.25, -0.2) is 9.97 Å². The maximum atomic E-state index is 5.56. The predicted octanol–water partition coefficient (Wildman–Crippen LogP) is 6.59. The van der Waals surface area contributed by atoms with E-state index in [4.69, 9.17) is 14.4 Å². The van der Waals surface area contributed by atoms with E-state index < -0.39 is 0 Å². The first kappa shape index (κ1) is 19.5. The summed E-state index contributed by atoms with van der Waals surface area (Å²) in [5, 5.41) is 7.05. The number of hydrogen-bond acceptors (Lipinski definition) is 4. The molecule has 0 atom stereocenters. The van der Waals surface area contributed by atoms with Crippen molar-refractivity contribution in [1.82, 2.24) is 19.9 Å². The smallest absolute Gasteiger partial charge is 0.160 e. The van der Waals surface area contributed by atoms with Crippen molar-refractivity contribution in [3.8, 4) is 22.5 Å². The molecule has 1 aliphatic heterocycles. The van der Waals surface area contributed by atoms with Crippen molar-refractivity contribution < 1.29 is 4.42 Å². The molecule has 0 amide bonds. The summed E-state index contributed by atoms with van der Waals surface area (Å²) in [5.74, 6) is 0.980. The first-order valence-corrected chi connectivity index (χ1v) is 11.9. The zero-order chi connectivity index (χ0) is 22.5. The molecule has 5 heteroatoms. The van der Waals surface area contributed by atoms with Crippen molar-refractivity contribution in [3.63, 3.8) is 0 Å². The lowest BCUT2D eigenvalue weighted by Crippen LogP contribution is -2.29. The van der Waals surface area contributed by atoms with E-state index in [-0.39, 0.29) is 0 Å². The summed E-state index contributed by atoms with van der Waals surface area (Å²) in [6, 6.07) is 25.9. The normalized spacial score (nSPS) is 14.9. The molecule has 7 rings (SSSR count). The SMILES string of the molecule is c1ccc2cc(-c3cnc4c(c3)nc(-c3ccc5occc5c3)n4C3CCNCC3)ccc2c1. The Labute approximate surface area is 197 Å². The maximum absolute atomic E-state index is 5.56. The third-order valence-electron chi connectivity index (χ3n) is 7.00. The average molecular weight is 445 g/mol. The predicted molar refractivity (Wildman–Crippen MR) is 137 cm³/mol. The van der Waals surface area contributed by atoms with E-state index in [1.54, 1.807) is 6.26 Å². The molecule has 0 aliphatic carbocycles. The molecule has 5 nitrogen and oxygen atoms in total. The summed E-state index contributed by atoms with van der Waals surface area (Å²) in [6.07, 6.45) is 5.87. The first-order chi connectivity index (χ1) is 16.8. The molecule has 6 aromatic rings. The summed E-state index contributed by atoms with van der Waals surface area (Å²) in [7, 11) is 0. The summed E-state index contributed by atoms with van der Waals surface area (Å²) in [5.41, 5.74) is 6.13. The van der Waals surface area contributed by atoms with Gasteiger partial charge in [-0.1, -0.05) is 36.4 Å². The second-order valence-corrected chi connectivity index (χ2v) is 9.09. The number of rotatable bonds is 3. The van der Waals surface area contributed by atoms with E-state index in [2.05, 4.69) is 70.5 Å². The van der Waals surface area contributed by atoms with Crippen LogP contribution in [0.4, 0.5) is 0 Å². The molecule has 3 aromatic carbocycles. The third-order valence-corrected chi connectivity index (χ3v) is 7.00. The van der Waals surface area contributed by atoms with E-state index in [9.17, 15) is 0 Å². The number of nitrogens with one attached hydrogen (secondary N) is 1. The zero-order valence-corrected chi connectivity index (χ0v) is 18.7. The molecule has 3 aromatic heterocycles. The first-order valence-electron chi connectivity index (χ1n) is 11.9. The van der Waals surface area contributed by atoms with Gasteiger partial charge in [0.2, 0.25) is 0 Å². The second-order valence-electron chi connectivity index (χ2n) is 9.09. The molecule has 1 aliphatic rings. The van der Waals surface area contributed by atoms with E-state index in [0.29, 0.717) is 6.04 Å². The lowest BCUT2D eigenvalue weighted by Gasteiger charge is -2.26. The average Bonchev–Trinajstić information content (AvgIpc) is 3.52. The summed E-state index contributed by atoms with van der Waals surface area (Å²) < 4.78 is 7.92. The van der Waals surface area contributed by atoms with E-state index in [1.165, 1.54) is 10.8 Å². The highest BCUT2D eigenvalue weighted by molar-refractivity contribution is 5.90. The van der Waals surface area contributed by atoms with Gasteiger partial charge in [0, 0.05) is 28.8 Å². The Kier molecular flexibility index (Phi) is 4.49. The number of benzene rings is 3. The van der Waals surface area contributed by atoms with Crippen molar-refractivity contribution in [2.75, 3.05) is 13.1 Å². The molecule has 0 saturated carbocycles. The van der Waals surface area contributed by atoms with Gasteiger partial charge < -0.3 is 14.3 Å². The van der Waals surface area contributed by atoms with Crippen LogP contribution in [0.2, 0.25) is 0 Å². The van der Waals surface area contributed by atoms with Crippen molar-refractivity contribution in [3.05, 3.63) is 85.3 Å². The van der Waals surface area contributed by atoms with Gasteiger partial charge in [-0.3, -0.25) is 0 Å². The van der Waals surface area contributed by atoms with Crippen molar-refractivity contribution in [2.45, 2.75) is 18.9 Å². The highest BCUT2D eigenvalue weighted by Gasteiger charge is 2.23. The van der Waals surface area contributed by atoms with Crippen LogP contribution < -0.4 is 5.32 Å². The Morgan fingerprint density at radius 2 is 1.62 bits per heavy atom. The number of aromatic nitrogens is 3. The zero-order valence-electron chi connectivity index (χ0n) is 18.7. The van der Waals surface area contributed by atoms with Crippen LogP contribution >= 0.6 is 0 Å². The van der Waals surface area contributed by atoms with Gasteiger partial charge in [0.15, 0.2) is 5.65 Å². The van der Waals surface area contributed by atoms with Crippen molar-refractivity contribution >= 4 is 32.9 Å². The Balaban J connectivity index is 1.40. The molecule has 0 spiro atoms.